The molecule has 2 aromatic carbocycles. The van der Waals surface area contributed by atoms with Gasteiger partial charge in [0.2, 0.25) is 0 Å². The van der Waals surface area contributed by atoms with E-state index < -0.39 is 0 Å². The lowest BCUT2D eigenvalue weighted by Gasteiger charge is -2.10. The van der Waals surface area contributed by atoms with E-state index in [1.807, 2.05) is 30.3 Å². The second kappa shape index (κ2) is 6.10. The van der Waals surface area contributed by atoms with Crippen LogP contribution in [0.1, 0.15) is 25.3 Å². The largest absolute Gasteiger partial charge is 0.399 e. The van der Waals surface area contributed by atoms with Crippen LogP contribution >= 0.6 is 0 Å². The highest BCUT2D eigenvalue weighted by atomic mass is 14.9. The van der Waals surface area contributed by atoms with Crippen molar-refractivity contribution in [1.29, 1.82) is 0 Å². The number of aryl methyl sites for hydroxylation is 1. The topological polar surface area (TPSA) is 38.0 Å². The van der Waals surface area contributed by atoms with E-state index in [9.17, 15) is 0 Å². The molecule has 94 valence electrons. The Morgan fingerprint density at radius 1 is 1.00 bits per heavy atom. The number of anilines is 3. The van der Waals surface area contributed by atoms with Crippen molar-refractivity contribution in [3.8, 4) is 0 Å². The monoisotopic (exact) mass is 240 g/mol. The summed E-state index contributed by atoms with van der Waals surface area (Å²) in [5, 5.41) is 3.39. The third-order valence-electron chi connectivity index (χ3n) is 3.01. The van der Waals surface area contributed by atoms with Crippen molar-refractivity contribution < 1.29 is 0 Å². The maximum Gasteiger partial charge on any atom is 0.0388 e. The summed E-state index contributed by atoms with van der Waals surface area (Å²) in [5.41, 5.74) is 10.3. The Morgan fingerprint density at radius 3 is 2.50 bits per heavy atom. The number of nitrogen functional groups attached to an aromatic ring is 1. The zero-order valence-electron chi connectivity index (χ0n) is 10.8. The average Bonchev–Trinajstić information content (AvgIpc) is 2.40. The third-order valence-corrected chi connectivity index (χ3v) is 3.01. The molecule has 0 amide bonds. The van der Waals surface area contributed by atoms with E-state index in [0.717, 1.165) is 23.5 Å². The Bertz CT molecular complexity index is 492. The lowest BCUT2D eigenvalue weighted by molar-refractivity contribution is 0.797. The van der Waals surface area contributed by atoms with Gasteiger partial charge in [-0.2, -0.15) is 0 Å². The molecule has 0 aromatic heterocycles. The highest BCUT2D eigenvalue weighted by Crippen LogP contribution is 2.22. The van der Waals surface area contributed by atoms with Crippen LogP contribution in [0.3, 0.4) is 0 Å². The number of para-hydroxylation sites is 1. The molecule has 2 rings (SSSR count). The van der Waals surface area contributed by atoms with Crippen molar-refractivity contribution in [2.75, 3.05) is 11.1 Å². The van der Waals surface area contributed by atoms with Gasteiger partial charge < -0.3 is 11.1 Å². The van der Waals surface area contributed by atoms with Crippen molar-refractivity contribution in [3.05, 3.63) is 54.1 Å². The third kappa shape index (κ3) is 3.27. The zero-order chi connectivity index (χ0) is 12.8. The van der Waals surface area contributed by atoms with Crippen molar-refractivity contribution in [2.45, 2.75) is 26.2 Å². The zero-order valence-corrected chi connectivity index (χ0v) is 10.8. The van der Waals surface area contributed by atoms with E-state index in [0.29, 0.717) is 0 Å². The minimum Gasteiger partial charge on any atom is -0.399 e. The molecule has 0 fully saturated rings. The molecular weight excluding hydrogens is 220 g/mol. The first-order valence-electron chi connectivity index (χ1n) is 6.50. The number of unbranched alkanes of at least 4 members (excludes halogenated alkanes) is 1. The van der Waals surface area contributed by atoms with Gasteiger partial charge in [0.25, 0.3) is 0 Å². The summed E-state index contributed by atoms with van der Waals surface area (Å²) >= 11 is 0. The van der Waals surface area contributed by atoms with Gasteiger partial charge in [0.05, 0.1) is 0 Å². The average molecular weight is 240 g/mol. The fraction of sp³-hybridized carbons (Fsp3) is 0.250. The first-order chi connectivity index (χ1) is 8.79. The summed E-state index contributed by atoms with van der Waals surface area (Å²) in [4.78, 5) is 0. The van der Waals surface area contributed by atoms with E-state index in [4.69, 9.17) is 5.73 Å². The molecule has 18 heavy (non-hydrogen) atoms. The predicted molar refractivity (Wildman–Crippen MR) is 79.2 cm³/mol. The minimum atomic E-state index is 0.891. The van der Waals surface area contributed by atoms with Crippen LogP contribution in [0.25, 0.3) is 0 Å². The predicted octanol–water partition coefficient (Wildman–Crippen LogP) is 4.36. The van der Waals surface area contributed by atoms with Gasteiger partial charge in [0.1, 0.15) is 0 Å². The van der Waals surface area contributed by atoms with Gasteiger partial charge in [-0.3, -0.25) is 0 Å². The highest BCUT2D eigenvalue weighted by molar-refractivity contribution is 5.64. The number of benzene rings is 2. The molecule has 0 saturated carbocycles. The fourth-order valence-corrected chi connectivity index (χ4v) is 1.96. The smallest absolute Gasteiger partial charge is 0.0388 e. The number of nitrogens with two attached hydrogens (primary N) is 1. The minimum absolute atomic E-state index is 0.891. The molecule has 0 heterocycles. The molecule has 2 aromatic rings. The van der Waals surface area contributed by atoms with Gasteiger partial charge in [-0.05, 0) is 48.7 Å². The van der Waals surface area contributed by atoms with Crippen LogP contribution in [-0.2, 0) is 6.42 Å². The maximum absolute atomic E-state index is 6.00. The van der Waals surface area contributed by atoms with Crippen LogP contribution in [0.2, 0.25) is 0 Å². The summed E-state index contributed by atoms with van der Waals surface area (Å²) in [7, 11) is 0. The molecule has 0 radical (unpaired) electrons. The van der Waals surface area contributed by atoms with Gasteiger partial charge in [0.15, 0.2) is 0 Å². The Morgan fingerprint density at radius 2 is 1.78 bits per heavy atom. The van der Waals surface area contributed by atoms with Crippen molar-refractivity contribution in [3.63, 3.8) is 0 Å². The normalized spacial score (nSPS) is 10.3. The van der Waals surface area contributed by atoms with Crippen molar-refractivity contribution in [1.82, 2.24) is 0 Å². The van der Waals surface area contributed by atoms with E-state index in [1.54, 1.807) is 0 Å². The molecule has 2 heteroatoms. The van der Waals surface area contributed by atoms with Crippen molar-refractivity contribution >= 4 is 17.1 Å². The van der Waals surface area contributed by atoms with Gasteiger partial charge in [-0.25, -0.2) is 0 Å². The van der Waals surface area contributed by atoms with Crippen molar-refractivity contribution in [2.24, 2.45) is 0 Å². The second-order valence-electron chi connectivity index (χ2n) is 4.51. The van der Waals surface area contributed by atoms with Gasteiger partial charge in [-0.1, -0.05) is 31.5 Å². The van der Waals surface area contributed by atoms with Crippen LogP contribution in [0.15, 0.2) is 48.5 Å². The standard InChI is InChI=1S/C16H20N2/c1-2-3-7-13-12-15(10-11-16(13)17)18-14-8-5-4-6-9-14/h4-6,8-12,18H,2-3,7,17H2,1H3. The van der Waals surface area contributed by atoms with E-state index in [-0.39, 0.29) is 0 Å². The van der Waals surface area contributed by atoms with Crippen LogP contribution in [0.5, 0.6) is 0 Å². The summed E-state index contributed by atoms with van der Waals surface area (Å²) in [6.45, 7) is 2.20. The Hall–Kier alpha value is -1.96. The molecule has 0 aliphatic carbocycles. The lowest BCUT2D eigenvalue weighted by Crippen LogP contribution is -1.97. The molecule has 0 atom stereocenters. The Balaban J connectivity index is 2.14. The first-order valence-corrected chi connectivity index (χ1v) is 6.50. The molecule has 0 spiro atoms. The van der Waals surface area contributed by atoms with E-state index in [2.05, 4.69) is 30.4 Å². The number of nitrogens with one attached hydrogen (secondary N) is 1. The molecule has 2 nitrogen and oxygen atoms in total. The van der Waals surface area contributed by atoms with Crippen LogP contribution < -0.4 is 11.1 Å². The molecule has 0 bridgehead atoms. The fourth-order valence-electron chi connectivity index (χ4n) is 1.96. The Kier molecular flexibility index (Phi) is 4.24. The first kappa shape index (κ1) is 12.5. The second-order valence-corrected chi connectivity index (χ2v) is 4.51. The maximum atomic E-state index is 6.00. The van der Waals surface area contributed by atoms with Crippen LogP contribution in [-0.4, -0.2) is 0 Å². The molecule has 3 N–H and O–H groups in total. The van der Waals surface area contributed by atoms with Gasteiger partial charge in [-0.15, -0.1) is 0 Å². The molecule has 0 aliphatic heterocycles. The SMILES string of the molecule is CCCCc1cc(Nc2ccccc2)ccc1N. The van der Waals surface area contributed by atoms with E-state index in [1.165, 1.54) is 18.4 Å². The van der Waals surface area contributed by atoms with E-state index >= 15 is 0 Å². The summed E-state index contributed by atoms with van der Waals surface area (Å²) in [6, 6.07) is 16.3. The van der Waals surface area contributed by atoms with Crippen LogP contribution in [0, 0.1) is 0 Å². The quantitative estimate of drug-likeness (QED) is 0.762. The molecular formula is C16H20N2. The lowest BCUT2D eigenvalue weighted by atomic mass is 10.1. The summed E-state index contributed by atoms with van der Waals surface area (Å²) in [5.74, 6) is 0. The summed E-state index contributed by atoms with van der Waals surface area (Å²) in [6.07, 6.45) is 3.42. The van der Waals surface area contributed by atoms with Gasteiger partial charge in [0, 0.05) is 17.1 Å². The number of rotatable bonds is 5. The van der Waals surface area contributed by atoms with Gasteiger partial charge >= 0.3 is 0 Å². The number of hydrogen-bond donors (Lipinski definition) is 2. The highest BCUT2D eigenvalue weighted by Gasteiger charge is 2.01. The summed E-state index contributed by atoms with van der Waals surface area (Å²) < 4.78 is 0. The molecule has 0 saturated heterocycles. The van der Waals surface area contributed by atoms with Crippen LogP contribution in [0.4, 0.5) is 17.1 Å². The number of hydrogen-bond acceptors (Lipinski definition) is 2. The molecule has 0 unspecified atom stereocenters. The molecule has 0 aliphatic rings. The Labute approximate surface area is 109 Å².